The number of amides is 1. The van der Waals surface area contributed by atoms with Crippen molar-refractivity contribution in [3.05, 3.63) is 82.7 Å². The number of hydrogen-bond donors (Lipinski definition) is 1. The number of furan rings is 1. The van der Waals surface area contributed by atoms with Crippen LogP contribution in [-0.2, 0) is 4.79 Å². The van der Waals surface area contributed by atoms with E-state index in [1.165, 1.54) is 0 Å². The standard InChI is InChI=1S/C25H21BrN2O3/c1-15-8-9-27-24(10-15)28-25(29)11-16(2)19-12-20-21(17-4-6-18(26)7-5-17)14-31-23(20)13-22(19)30-3/h4-14H,1-3H3,(H,27,28,29)/b16-11+. The zero-order chi connectivity index (χ0) is 22.0. The van der Waals surface area contributed by atoms with Crippen molar-refractivity contribution in [2.75, 3.05) is 12.4 Å². The van der Waals surface area contributed by atoms with Crippen molar-refractivity contribution in [1.82, 2.24) is 4.98 Å². The van der Waals surface area contributed by atoms with Gasteiger partial charge in [-0.05, 0) is 60.9 Å². The van der Waals surface area contributed by atoms with Gasteiger partial charge in [0.15, 0.2) is 0 Å². The number of pyridine rings is 1. The molecule has 156 valence electrons. The summed E-state index contributed by atoms with van der Waals surface area (Å²) in [5.74, 6) is 0.904. The highest BCUT2D eigenvalue weighted by molar-refractivity contribution is 9.10. The lowest BCUT2D eigenvalue weighted by Gasteiger charge is -2.10. The number of fused-ring (bicyclic) bond motifs is 1. The first-order chi connectivity index (χ1) is 14.9. The molecule has 0 aliphatic rings. The molecule has 0 radical (unpaired) electrons. The van der Waals surface area contributed by atoms with E-state index < -0.39 is 0 Å². The van der Waals surface area contributed by atoms with Crippen LogP contribution in [0.25, 0.3) is 27.7 Å². The fourth-order valence-corrected chi connectivity index (χ4v) is 3.69. The summed E-state index contributed by atoms with van der Waals surface area (Å²) >= 11 is 3.47. The van der Waals surface area contributed by atoms with Gasteiger partial charge in [-0.2, -0.15) is 0 Å². The lowest BCUT2D eigenvalue weighted by atomic mass is 9.99. The van der Waals surface area contributed by atoms with Crippen LogP contribution < -0.4 is 10.1 Å². The van der Waals surface area contributed by atoms with Crippen molar-refractivity contribution in [2.45, 2.75) is 13.8 Å². The van der Waals surface area contributed by atoms with Crippen LogP contribution in [0.1, 0.15) is 18.1 Å². The van der Waals surface area contributed by atoms with Gasteiger partial charge in [-0.25, -0.2) is 4.98 Å². The average Bonchev–Trinajstić information content (AvgIpc) is 3.16. The van der Waals surface area contributed by atoms with E-state index in [2.05, 4.69) is 26.2 Å². The third-order valence-electron chi connectivity index (χ3n) is 4.99. The molecule has 0 spiro atoms. The number of nitrogens with one attached hydrogen (secondary N) is 1. The minimum atomic E-state index is -0.252. The quantitative estimate of drug-likeness (QED) is 0.328. The van der Waals surface area contributed by atoms with Gasteiger partial charge in [-0.1, -0.05) is 28.1 Å². The molecule has 2 aromatic heterocycles. The number of ether oxygens (including phenoxy) is 1. The molecule has 2 aromatic carbocycles. The van der Waals surface area contributed by atoms with Crippen LogP contribution in [0.15, 0.2) is 76.0 Å². The number of anilines is 1. The summed E-state index contributed by atoms with van der Waals surface area (Å²) in [5.41, 5.74) is 5.36. The minimum absolute atomic E-state index is 0.252. The summed E-state index contributed by atoms with van der Waals surface area (Å²) < 4.78 is 12.4. The Labute approximate surface area is 188 Å². The van der Waals surface area contributed by atoms with Crippen LogP contribution in [0.2, 0.25) is 0 Å². The molecule has 5 nitrogen and oxygen atoms in total. The predicted octanol–water partition coefficient (Wildman–Crippen LogP) is 6.62. The molecule has 4 aromatic rings. The zero-order valence-corrected chi connectivity index (χ0v) is 19.0. The summed E-state index contributed by atoms with van der Waals surface area (Å²) in [6.07, 6.45) is 4.96. The zero-order valence-electron chi connectivity index (χ0n) is 17.4. The largest absolute Gasteiger partial charge is 0.496 e. The number of rotatable bonds is 5. The maximum absolute atomic E-state index is 12.5. The number of methoxy groups -OCH3 is 1. The molecule has 2 heterocycles. The highest BCUT2D eigenvalue weighted by atomic mass is 79.9. The van der Waals surface area contributed by atoms with Crippen LogP contribution in [0.4, 0.5) is 5.82 Å². The number of aryl methyl sites for hydroxylation is 1. The molecule has 4 rings (SSSR count). The van der Waals surface area contributed by atoms with Crippen LogP contribution in [0, 0.1) is 6.92 Å². The lowest BCUT2D eigenvalue weighted by Crippen LogP contribution is -2.10. The van der Waals surface area contributed by atoms with E-state index in [0.29, 0.717) is 11.6 Å². The maximum Gasteiger partial charge on any atom is 0.249 e. The van der Waals surface area contributed by atoms with Gasteiger partial charge in [0.05, 0.1) is 13.4 Å². The molecule has 0 fully saturated rings. The van der Waals surface area contributed by atoms with Gasteiger partial charge in [0, 0.05) is 39.3 Å². The van der Waals surface area contributed by atoms with Crippen molar-refractivity contribution in [1.29, 1.82) is 0 Å². The van der Waals surface area contributed by atoms with Crippen molar-refractivity contribution >= 4 is 44.2 Å². The van der Waals surface area contributed by atoms with Gasteiger partial charge < -0.3 is 14.5 Å². The first-order valence-corrected chi connectivity index (χ1v) is 10.5. The molecule has 0 aliphatic carbocycles. The first kappa shape index (κ1) is 20.9. The van der Waals surface area contributed by atoms with Gasteiger partial charge >= 0.3 is 0 Å². The third-order valence-corrected chi connectivity index (χ3v) is 5.52. The first-order valence-electron chi connectivity index (χ1n) is 9.72. The smallest absolute Gasteiger partial charge is 0.249 e. The Hall–Kier alpha value is -3.38. The molecule has 31 heavy (non-hydrogen) atoms. The highest BCUT2D eigenvalue weighted by Gasteiger charge is 2.15. The molecule has 0 bridgehead atoms. The second-order valence-corrected chi connectivity index (χ2v) is 8.16. The molecule has 1 N–H and O–H groups in total. The molecular weight excluding hydrogens is 456 g/mol. The van der Waals surface area contributed by atoms with E-state index in [1.807, 2.05) is 62.4 Å². The fraction of sp³-hybridized carbons (Fsp3) is 0.120. The fourth-order valence-electron chi connectivity index (χ4n) is 3.43. The van der Waals surface area contributed by atoms with E-state index in [-0.39, 0.29) is 5.91 Å². The van der Waals surface area contributed by atoms with Gasteiger partial charge in [0.1, 0.15) is 17.2 Å². The van der Waals surface area contributed by atoms with Crippen molar-refractivity contribution in [3.8, 4) is 16.9 Å². The molecular formula is C25H21BrN2O3. The Bertz CT molecular complexity index is 1290. The molecule has 0 saturated heterocycles. The van der Waals surface area contributed by atoms with Crippen molar-refractivity contribution in [2.24, 2.45) is 0 Å². The number of nitrogens with zero attached hydrogens (tertiary/aromatic N) is 1. The second kappa shape index (κ2) is 8.78. The molecule has 6 heteroatoms. The number of aromatic nitrogens is 1. The molecule has 0 aliphatic heterocycles. The Morgan fingerprint density at radius 2 is 1.94 bits per heavy atom. The summed E-state index contributed by atoms with van der Waals surface area (Å²) in [7, 11) is 1.60. The Kier molecular flexibility index (Phi) is 5.91. The molecule has 1 amide bonds. The number of carbonyl (C=O) groups excluding carboxylic acids is 1. The number of allylic oxidation sites excluding steroid dienone is 1. The monoisotopic (exact) mass is 476 g/mol. The summed E-state index contributed by atoms with van der Waals surface area (Å²) in [6, 6.07) is 15.6. The van der Waals surface area contributed by atoms with Gasteiger partial charge in [-0.15, -0.1) is 0 Å². The third kappa shape index (κ3) is 4.54. The van der Waals surface area contributed by atoms with Crippen molar-refractivity contribution < 1.29 is 13.9 Å². The van der Waals surface area contributed by atoms with Gasteiger partial charge in [0.2, 0.25) is 5.91 Å². The molecule has 0 unspecified atom stereocenters. The SMILES string of the molecule is COc1cc2occ(-c3ccc(Br)cc3)c2cc1/C(C)=C/C(=O)Nc1cc(C)ccn1. The van der Waals surface area contributed by atoms with E-state index in [4.69, 9.17) is 9.15 Å². The van der Waals surface area contributed by atoms with E-state index in [9.17, 15) is 4.79 Å². The predicted molar refractivity (Wildman–Crippen MR) is 127 cm³/mol. The number of benzene rings is 2. The second-order valence-electron chi connectivity index (χ2n) is 7.24. The van der Waals surface area contributed by atoms with Crippen molar-refractivity contribution in [3.63, 3.8) is 0 Å². The van der Waals surface area contributed by atoms with Crippen LogP contribution >= 0.6 is 15.9 Å². The van der Waals surface area contributed by atoms with Gasteiger partial charge in [-0.3, -0.25) is 4.79 Å². The van der Waals surface area contributed by atoms with Crippen LogP contribution in [0.3, 0.4) is 0 Å². The molecule has 0 saturated carbocycles. The Balaban J connectivity index is 1.71. The van der Waals surface area contributed by atoms with Crippen LogP contribution in [0.5, 0.6) is 5.75 Å². The Morgan fingerprint density at radius 3 is 2.65 bits per heavy atom. The summed E-state index contributed by atoms with van der Waals surface area (Å²) in [4.78, 5) is 16.7. The van der Waals surface area contributed by atoms with Gasteiger partial charge in [0.25, 0.3) is 0 Å². The maximum atomic E-state index is 12.5. The molecule has 0 atom stereocenters. The average molecular weight is 477 g/mol. The van der Waals surface area contributed by atoms with Crippen LogP contribution in [-0.4, -0.2) is 18.0 Å². The number of hydrogen-bond acceptors (Lipinski definition) is 4. The van der Waals surface area contributed by atoms with E-state index >= 15 is 0 Å². The normalized spacial score (nSPS) is 11.5. The lowest BCUT2D eigenvalue weighted by molar-refractivity contribution is -0.111. The number of carbonyl (C=O) groups is 1. The number of halogens is 1. The Morgan fingerprint density at radius 1 is 1.16 bits per heavy atom. The highest BCUT2D eigenvalue weighted by Crippen LogP contribution is 2.37. The summed E-state index contributed by atoms with van der Waals surface area (Å²) in [5, 5.41) is 3.76. The van der Waals surface area contributed by atoms with E-state index in [0.717, 1.165) is 43.3 Å². The summed E-state index contributed by atoms with van der Waals surface area (Å²) in [6.45, 7) is 3.83. The van der Waals surface area contributed by atoms with E-state index in [1.54, 1.807) is 25.6 Å². The topological polar surface area (TPSA) is 64.4 Å². The minimum Gasteiger partial charge on any atom is -0.496 e.